The molecule has 2 amide bonds. The van der Waals surface area contributed by atoms with Crippen molar-refractivity contribution in [1.82, 2.24) is 9.80 Å². The van der Waals surface area contributed by atoms with Crippen molar-refractivity contribution in [2.45, 2.75) is 50.6 Å². The molecule has 2 N–H and O–H groups in total. The van der Waals surface area contributed by atoms with Crippen LogP contribution in [0, 0.1) is 12.3 Å². The Balaban J connectivity index is 2.47. The van der Waals surface area contributed by atoms with Crippen molar-refractivity contribution in [3.8, 4) is 12.3 Å². The molecule has 0 aromatic carbocycles. The second kappa shape index (κ2) is 7.91. The van der Waals surface area contributed by atoms with E-state index >= 15 is 0 Å². The Labute approximate surface area is 121 Å². The van der Waals surface area contributed by atoms with Crippen molar-refractivity contribution < 1.29 is 9.59 Å². The van der Waals surface area contributed by atoms with Gasteiger partial charge in [-0.15, -0.1) is 12.3 Å². The number of hydrogen-bond donors (Lipinski definition) is 1. The minimum Gasteiger partial charge on any atom is -0.341 e. The Morgan fingerprint density at radius 1 is 1.30 bits per heavy atom. The summed E-state index contributed by atoms with van der Waals surface area (Å²) in [6, 6.07) is -0.420. The molecule has 5 nitrogen and oxygen atoms in total. The molecule has 1 aliphatic rings. The molecule has 0 heterocycles. The van der Waals surface area contributed by atoms with Gasteiger partial charge in [0.05, 0.1) is 12.6 Å². The van der Waals surface area contributed by atoms with Crippen LogP contribution in [-0.2, 0) is 9.59 Å². The molecule has 0 bridgehead atoms. The van der Waals surface area contributed by atoms with Crippen molar-refractivity contribution in [3.63, 3.8) is 0 Å². The number of hydrogen-bond acceptors (Lipinski definition) is 3. The first-order valence-corrected chi connectivity index (χ1v) is 7.17. The Kier molecular flexibility index (Phi) is 6.53. The van der Waals surface area contributed by atoms with Gasteiger partial charge in [-0.25, -0.2) is 0 Å². The highest BCUT2D eigenvalue weighted by Gasteiger charge is 2.25. The van der Waals surface area contributed by atoms with Gasteiger partial charge in [0.1, 0.15) is 0 Å². The van der Waals surface area contributed by atoms with Crippen molar-refractivity contribution in [2.24, 2.45) is 5.73 Å². The Morgan fingerprint density at radius 3 is 2.45 bits per heavy atom. The molecule has 0 radical (unpaired) electrons. The molecule has 1 unspecified atom stereocenters. The summed E-state index contributed by atoms with van der Waals surface area (Å²) in [6.45, 7) is 0.0596. The summed E-state index contributed by atoms with van der Waals surface area (Å²) >= 11 is 0. The summed E-state index contributed by atoms with van der Waals surface area (Å²) in [7, 11) is 3.41. The molecule has 0 aliphatic heterocycles. The summed E-state index contributed by atoms with van der Waals surface area (Å²) in [6.07, 6.45) is 11.0. The second-order valence-corrected chi connectivity index (χ2v) is 5.51. The maximum absolute atomic E-state index is 12.2. The van der Waals surface area contributed by atoms with E-state index in [1.54, 1.807) is 11.9 Å². The predicted octanol–water partition coefficient (Wildman–Crippen LogP) is 0.587. The van der Waals surface area contributed by atoms with Gasteiger partial charge in [-0.1, -0.05) is 19.3 Å². The van der Waals surface area contributed by atoms with E-state index in [1.807, 2.05) is 7.05 Å². The summed E-state index contributed by atoms with van der Waals surface area (Å²) in [5.74, 6) is 2.04. The fraction of sp³-hybridized carbons (Fsp3) is 0.733. The zero-order valence-electron chi connectivity index (χ0n) is 12.5. The van der Waals surface area contributed by atoms with E-state index in [-0.39, 0.29) is 24.8 Å². The molecule has 1 rings (SSSR count). The topological polar surface area (TPSA) is 66.6 Å². The van der Waals surface area contributed by atoms with E-state index in [1.165, 1.54) is 24.2 Å². The molecular weight excluding hydrogens is 254 g/mol. The van der Waals surface area contributed by atoms with E-state index in [2.05, 4.69) is 5.92 Å². The predicted molar refractivity (Wildman–Crippen MR) is 78.7 cm³/mol. The molecule has 1 fully saturated rings. The zero-order valence-corrected chi connectivity index (χ0v) is 12.5. The SMILES string of the molecule is C#CCC(N)C(=O)N(C)CC(=O)N(C)C1CCCCC1. The molecule has 0 saturated heterocycles. The Bertz CT molecular complexity index is 383. The molecule has 0 aromatic heterocycles. The lowest BCUT2D eigenvalue weighted by molar-refractivity contribution is -0.140. The van der Waals surface area contributed by atoms with Crippen molar-refractivity contribution in [3.05, 3.63) is 0 Å². The average molecular weight is 279 g/mol. The van der Waals surface area contributed by atoms with Crippen LogP contribution in [0.4, 0.5) is 0 Å². The third-order valence-electron chi connectivity index (χ3n) is 3.92. The first-order valence-electron chi connectivity index (χ1n) is 7.17. The van der Waals surface area contributed by atoms with Gasteiger partial charge in [-0.2, -0.15) is 0 Å². The highest BCUT2D eigenvalue weighted by atomic mass is 16.2. The lowest BCUT2D eigenvalue weighted by atomic mass is 9.94. The maximum Gasteiger partial charge on any atom is 0.242 e. The Hall–Kier alpha value is -1.54. The number of carbonyl (C=O) groups excluding carboxylic acids is 2. The fourth-order valence-corrected chi connectivity index (χ4v) is 2.56. The lowest BCUT2D eigenvalue weighted by Crippen LogP contribution is -2.48. The molecule has 20 heavy (non-hydrogen) atoms. The van der Waals surface area contributed by atoms with E-state index in [0.717, 1.165) is 12.8 Å². The van der Waals surface area contributed by atoms with Crippen LogP contribution in [0.1, 0.15) is 38.5 Å². The lowest BCUT2D eigenvalue weighted by Gasteiger charge is -2.32. The van der Waals surface area contributed by atoms with Crippen LogP contribution in [0.15, 0.2) is 0 Å². The van der Waals surface area contributed by atoms with Crippen LogP contribution in [0.2, 0.25) is 0 Å². The summed E-state index contributed by atoms with van der Waals surface area (Å²) < 4.78 is 0. The average Bonchev–Trinajstić information content (AvgIpc) is 2.46. The van der Waals surface area contributed by atoms with E-state index in [9.17, 15) is 9.59 Å². The first-order chi connectivity index (χ1) is 9.47. The summed E-state index contributed by atoms with van der Waals surface area (Å²) in [4.78, 5) is 27.2. The van der Waals surface area contributed by atoms with Crippen molar-refractivity contribution >= 4 is 11.8 Å². The van der Waals surface area contributed by atoms with Crippen LogP contribution in [0.25, 0.3) is 0 Å². The van der Waals surface area contributed by atoms with Gasteiger partial charge in [0.25, 0.3) is 0 Å². The van der Waals surface area contributed by atoms with Crippen LogP contribution in [-0.4, -0.2) is 54.3 Å². The molecule has 1 saturated carbocycles. The molecular formula is C15H25N3O2. The molecule has 5 heteroatoms. The number of carbonyl (C=O) groups is 2. The zero-order chi connectivity index (χ0) is 15.1. The molecule has 112 valence electrons. The van der Waals surface area contributed by atoms with Crippen LogP contribution in [0.5, 0.6) is 0 Å². The molecule has 0 spiro atoms. The largest absolute Gasteiger partial charge is 0.341 e. The van der Waals surface area contributed by atoms with E-state index < -0.39 is 6.04 Å². The second-order valence-electron chi connectivity index (χ2n) is 5.51. The Morgan fingerprint density at radius 2 is 1.90 bits per heavy atom. The summed E-state index contributed by atoms with van der Waals surface area (Å²) in [5.41, 5.74) is 5.66. The van der Waals surface area contributed by atoms with E-state index in [4.69, 9.17) is 12.2 Å². The van der Waals surface area contributed by atoms with Gasteiger partial charge in [0.2, 0.25) is 11.8 Å². The summed E-state index contributed by atoms with van der Waals surface area (Å²) in [5, 5.41) is 0. The monoisotopic (exact) mass is 279 g/mol. The number of nitrogens with zero attached hydrogens (tertiary/aromatic N) is 2. The smallest absolute Gasteiger partial charge is 0.242 e. The normalized spacial score (nSPS) is 17.1. The minimum atomic E-state index is -0.724. The first kappa shape index (κ1) is 16.5. The van der Waals surface area contributed by atoms with Gasteiger partial charge in [-0.3, -0.25) is 9.59 Å². The van der Waals surface area contributed by atoms with Crippen LogP contribution >= 0.6 is 0 Å². The van der Waals surface area contributed by atoms with Crippen LogP contribution in [0.3, 0.4) is 0 Å². The van der Waals surface area contributed by atoms with Gasteiger partial charge >= 0.3 is 0 Å². The van der Waals surface area contributed by atoms with Crippen molar-refractivity contribution in [1.29, 1.82) is 0 Å². The number of amides is 2. The number of terminal acetylenes is 1. The van der Waals surface area contributed by atoms with Crippen molar-refractivity contribution in [2.75, 3.05) is 20.6 Å². The molecule has 1 aliphatic carbocycles. The van der Waals surface area contributed by atoms with E-state index in [0.29, 0.717) is 6.04 Å². The van der Waals surface area contributed by atoms with Gasteiger partial charge in [0.15, 0.2) is 0 Å². The quantitative estimate of drug-likeness (QED) is 0.749. The third-order valence-corrected chi connectivity index (χ3v) is 3.92. The maximum atomic E-state index is 12.2. The van der Waals surface area contributed by atoms with Gasteiger partial charge in [-0.05, 0) is 12.8 Å². The molecule has 1 atom stereocenters. The van der Waals surface area contributed by atoms with Crippen LogP contribution < -0.4 is 5.73 Å². The number of rotatable bonds is 5. The minimum absolute atomic E-state index is 0.0411. The highest BCUT2D eigenvalue weighted by molar-refractivity contribution is 5.87. The number of likely N-dealkylation sites (N-methyl/N-ethyl adjacent to an activating group) is 2. The standard InChI is InChI=1S/C15H25N3O2/c1-4-8-13(16)15(20)17(2)11-14(19)18(3)12-9-6-5-7-10-12/h1,12-13H,5-11,16H2,2-3H3. The highest BCUT2D eigenvalue weighted by Crippen LogP contribution is 2.21. The number of nitrogens with two attached hydrogens (primary N) is 1. The van der Waals surface area contributed by atoms with Gasteiger partial charge in [0, 0.05) is 26.6 Å². The van der Waals surface area contributed by atoms with Gasteiger partial charge < -0.3 is 15.5 Å². The molecule has 0 aromatic rings. The third kappa shape index (κ3) is 4.53. The fourth-order valence-electron chi connectivity index (χ4n) is 2.56.